The van der Waals surface area contributed by atoms with Crippen molar-refractivity contribution in [2.45, 2.75) is 33.4 Å². The Hall–Kier alpha value is -2.41. The van der Waals surface area contributed by atoms with Crippen LogP contribution in [0.15, 0.2) is 28.8 Å². The van der Waals surface area contributed by atoms with Crippen LogP contribution in [0, 0.1) is 6.92 Å². The van der Waals surface area contributed by atoms with Gasteiger partial charge in [0.15, 0.2) is 5.82 Å². The lowest BCUT2D eigenvalue weighted by atomic mass is 10.1. The highest BCUT2D eigenvalue weighted by Crippen LogP contribution is 2.24. The molecule has 0 N–H and O–H groups in total. The van der Waals surface area contributed by atoms with Crippen LogP contribution in [0.2, 0.25) is 0 Å². The molecule has 0 unspecified atom stereocenters. The molecule has 1 aliphatic rings. The number of anilines is 1. The summed E-state index contributed by atoms with van der Waals surface area (Å²) >= 11 is 0. The van der Waals surface area contributed by atoms with Crippen LogP contribution in [-0.2, 0) is 11.3 Å². The lowest BCUT2D eigenvalue weighted by Crippen LogP contribution is -2.40. The van der Waals surface area contributed by atoms with Gasteiger partial charge < -0.3 is 19.1 Å². The molecule has 1 saturated heterocycles. The van der Waals surface area contributed by atoms with Crippen LogP contribution >= 0.6 is 0 Å². The van der Waals surface area contributed by atoms with Gasteiger partial charge in [0.2, 0.25) is 5.89 Å². The maximum atomic E-state index is 13.2. The molecule has 1 aromatic carbocycles. The molecule has 0 saturated carbocycles. The van der Waals surface area contributed by atoms with Gasteiger partial charge in [0.1, 0.15) is 0 Å². The second kappa shape index (κ2) is 7.65. The van der Waals surface area contributed by atoms with Gasteiger partial charge in [0, 0.05) is 31.7 Å². The lowest BCUT2D eigenvalue weighted by Gasteiger charge is -2.32. The zero-order valence-electron chi connectivity index (χ0n) is 14.9. The molecular weight excluding hydrogens is 320 g/mol. The molecule has 1 amide bonds. The van der Waals surface area contributed by atoms with Crippen molar-refractivity contribution >= 4 is 11.6 Å². The van der Waals surface area contributed by atoms with Crippen molar-refractivity contribution in [2.24, 2.45) is 0 Å². The third kappa shape index (κ3) is 3.99. The maximum Gasteiger partial charge on any atom is 0.256 e. The minimum absolute atomic E-state index is 0.0176. The molecule has 0 radical (unpaired) electrons. The highest BCUT2D eigenvalue weighted by Gasteiger charge is 2.25. The van der Waals surface area contributed by atoms with Crippen molar-refractivity contribution in [3.05, 3.63) is 41.5 Å². The summed E-state index contributed by atoms with van der Waals surface area (Å²) in [5.74, 6) is 0.989. The van der Waals surface area contributed by atoms with E-state index in [2.05, 4.69) is 15.0 Å². The molecule has 25 heavy (non-hydrogen) atoms. The summed E-state index contributed by atoms with van der Waals surface area (Å²) in [6.45, 7) is 8.98. The first kappa shape index (κ1) is 17.4. The minimum Gasteiger partial charge on any atom is -0.378 e. The van der Waals surface area contributed by atoms with Crippen LogP contribution in [0.5, 0.6) is 0 Å². The number of rotatable bonds is 5. The summed E-state index contributed by atoms with van der Waals surface area (Å²) < 4.78 is 10.5. The number of para-hydroxylation sites is 1. The van der Waals surface area contributed by atoms with Crippen LogP contribution in [0.1, 0.15) is 35.9 Å². The number of nitrogens with zero attached hydrogens (tertiary/aromatic N) is 4. The fourth-order valence-corrected chi connectivity index (χ4v) is 2.94. The molecule has 0 bridgehead atoms. The van der Waals surface area contributed by atoms with Crippen molar-refractivity contribution in [2.75, 3.05) is 31.2 Å². The van der Waals surface area contributed by atoms with Crippen LogP contribution < -0.4 is 4.90 Å². The van der Waals surface area contributed by atoms with E-state index < -0.39 is 0 Å². The van der Waals surface area contributed by atoms with Crippen LogP contribution in [-0.4, -0.2) is 53.3 Å². The largest absolute Gasteiger partial charge is 0.378 e. The van der Waals surface area contributed by atoms with Gasteiger partial charge in [-0.1, -0.05) is 17.3 Å². The third-order valence-corrected chi connectivity index (χ3v) is 4.25. The Labute approximate surface area is 147 Å². The summed E-state index contributed by atoms with van der Waals surface area (Å²) in [6, 6.07) is 7.75. The highest BCUT2D eigenvalue weighted by molar-refractivity contribution is 6.00. The topological polar surface area (TPSA) is 71.7 Å². The molecule has 3 rings (SSSR count). The zero-order valence-corrected chi connectivity index (χ0v) is 14.9. The first-order valence-corrected chi connectivity index (χ1v) is 8.58. The molecule has 0 atom stereocenters. The molecule has 7 heteroatoms. The predicted molar refractivity (Wildman–Crippen MR) is 93.5 cm³/mol. The van der Waals surface area contributed by atoms with E-state index in [1.807, 2.05) is 38.1 Å². The van der Waals surface area contributed by atoms with Crippen LogP contribution in [0.3, 0.4) is 0 Å². The number of hydrogen-bond donors (Lipinski definition) is 0. The molecule has 0 aliphatic carbocycles. The lowest BCUT2D eigenvalue weighted by molar-refractivity contribution is 0.0683. The number of amides is 1. The molecular formula is C18H24N4O3. The Morgan fingerprint density at radius 1 is 1.28 bits per heavy atom. The second-order valence-electron chi connectivity index (χ2n) is 6.37. The Morgan fingerprint density at radius 3 is 2.64 bits per heavy atom. The molecule has 7 nitrogen and oxygen atoms in total. The fraction of sp³-hybridized carbons (Fsp3) is 0.500. The Kier molecular flexibility index (Phi) is 5.33. The number of morpholine rings is 1. The number of ether oxygens (including phenoxy) is 1. The number of aromatic nitrogens is 2. The van der Waals surface area contributed by atoms with Crippen molar-refractivity contribution in [1.82, 2.24) is 15.0 Å². The average Bonchev–Trinajstić information content (AvgIpc) is 3.05. The monoisotopic (exact) mass is 344 g/mol. The maximum absolute atomic E-state index is 13.2. The molecule has 1 fully saturated rings. The number of carbonyl (C=O) groups excluding carboxylic acids is 1. The third-order valence-electron chi connectivity index (χ3n) is 4.25. The van der Waals surface area contributed by atoms with Gasteiger partial charge in [-0.3, -0.25) is 4.79 Å². The molecule has 1 aliphatic heterocycles. The molecule has 0 spiro atoms. The number of benzene rings is 1. The first-order chi connectivity index (χ1) is 12.1. The van der Waals surface area contributed by atoms with Gasteiger partial charge in [-0.15, -0.1) is 0 Å². The van der Waals surface area contributed by atoms with E-state index in [9.17, 15) is 4.79 Å². The van der Waals surface area contributed by atoms with Gasteiger partial charge in [0.05, 0.1) is 25.3 Å². The first-order valence-electron chi connectivity index (χ1n) is 8.58. The summed E-state index contributed by atoms with van der Waals surface area (Å²) in [5.41, 5.74) is 1.64. The van der Waals surface area contributed by atoms with Gasteiger partial charge in [-0.2, -0.15) is 4.98 Å². The Bertz CT molecular complexity index is 723. The predicted octanol–water partition coefficient (Wildman–Crippen LogP) is 2.27. The standard InChI is InChI=1S/C18H24N4O3/c1-13(2)22(12-17-19-14(3)25-20-17)18(23)15-6-4-5-7-16(15)21-8-10-24-11-9-21/h4-7,13H,8-12H2,1-3H3. The van der Waals surface area contributed by atoms with Gasteiger partial charge in [-0.25, -0.2) is 0 Å². The zero-order chi connectivity index (χ0) is 17.8. The van der Waals surface area contributed by atoms with Crippen LogP contribution in [0.25, 0.3) is 0 Å². The van der Waals surface area contributed by atoms with Crippen molar-refractivity contribution < 1.29 is 14.1 Å². The molecule has 2 heterocycles. The quantitative estimate of drug-likeness (QED) is 0.828. The normalized spacial score (nSPS) is 14.8. The van der Waals surface area contributed by atoms with Crippen LogP contribution in [0.4, 0.5) is 5.69 Å². The number of hydrogen-bond acceptors (Lipinski definition) is 6. The second-order valence-corrected chi connectivity index (χ2v) is 6.37. The Morgan fingerprint density at radius 2 is 2.00 bits per heavy atom. The SMILES string of the molecule is Cc1nc(CN(C(=O)c2ccccc2N2CCOCC2)C(C)C)no1. The van der Waals surface area contributed by atoms with E-state index in [4.69, 9.17) is 9.26 Å². The smallest absolute Gasteiger partial charge is 0.256 e. The van der Waals surface area contributed by atoms with Gasteiger partial charge >= 0.3 is 0 Å². The van der Waals surface area contributed by atoms with Crippen molar-refractivity contribution in [3.63, 3.8) is 0 Å². The van der Waals surface area contributed by atoms with Crippen molar-refractivity contribution in [3.8, 4) is 0 Å². The highest BCUT2D eigenvalue weighted by atomic mass is 16.5. The van der Waals surface area contributed by atoms with E-state index in [-0.39, 0.29) is 11.9 Å². The van der Waals surface area contributed by atoms with Gasteiger partial charge in [0.25, 0.3) is 5.91 Å². The summed E-state index contributed by atoms with van der Waals surface area (Å²) in [4.78, 5) is 21.4. The summed E-state index contributed by atoms with van der Waals surface area (Å²) in [5, 5.41) is 3.92. The molecule has 2 aromatic rings. The summed E-state index contributed by atoms with van der Waals surface area (Å²) in [6.07, 6.45) is 0. The fourth-order valence-electron chi connectivity index (χ4n) is 2.94. The van der Waals surface area contributed by atoms with E-state index in [1.165, 1.54) is 0 Å². The van der Waals surface area contributed by atoms with E-state index in [1.54, 1.807) is 11.8 Å². The van der Waals surface area contributed by atoms with E-state index in [0.717, 1.165) is 18.8 Å². The minimum atomic E-state index is -0.0282. The van der Waals surface area contributed by atoms with E-state index >= 15 is 0 Å². The summed E-state index contributed by atoms with van der Waals surface area (Å²) in [7, 11) is 0. The van der Waals surface area contributed by atoms with Crippen molar-refractivity contribution in [1.29, 1.82) is 0 Å². The number of carbonyl (C=O) groups is 1. The molecule has 1 aromatic heterocycles. The number of aryl methyl sites for hydroxylation is 1. The van der Waals surface area contributed by atoms with E-state index in [0.29, 0.717) is 37.0 Å². The average molecular weight is 344 g/mol. The Balaban J connectivity index is 1.86. The van der Waals surface area contributed by atoms with Gasteiger partial charge in [-0.05, 0) is 26.0 Å². The molecule has 134 valence electrons.